The molecule has 0 aliphatic heterocycles. The van der Waals surface area contributed by atoms with E-state index in [0.717, 1.165) is 23.0 Å². The van der Waals surface area contributed by atoms with Crippen LogP contribution in [-0.4, -0.2) is 60.3 Å². The molecule has 186 valence electrons. The second kappa shape index (κ2) is 10.8. The average molecular weight is 514 g/mol. The highest BCUT2D eigenvalue weighted by atomic mass is 32.2. The minimum atomic E-state index is -5.76. The van der Waals surface area contributed by atoms with Crippen LogP contribution in [-0.2, 0) is 33.8 Å². The number of alkyl halides is 2. The van der Waals surface area contributed by atoms with Crippen molar-refractivity contribution in [2.45, 2.75) is 24.2 Å². The fraction of sp³-hybridized carbons (Fsp3) is 0.217. The molecule has 0 bridgehead atoms. The molecule has 7 nitrogen and oxygen atoms in total. The van der Waals surface area contributed by atoms with Crippen molar-refractivity contribution in [3.8, 4) is 5.75 Å². The van der Waals surface area contributed by atoms with Gasteiger partial charge in [-0.05, 0) is 34.0 Å². The van der Waals surface area contributed by atoms with Gasteiger partial charge in [-0.15, -0.1) is 0 Å². The minimum Gasteiger partial charge on any atom is -0.454 e. The number of hydrogen-bond acceptors (Lipinski definition) is 6. The van der Waals surface area contributed by atoms with Crippen LogP contribution in [0.3, 0.4) is 0 Å². The van der Waals surface area contributed by atoms with Gasteiger partial charge < -0.3 is 9.47 Å². The molecule has 3 aromatic rings. The predicted molar refractivity (Wildman–Crippen MR) is 139 cm³/mol. The summed E-state index contributed by atoms with van der Waals surface area (Å²) in [5.41, 5.74) is 2.90. The van der Waals surface area contributed by atoms with E-state index in [2.05, 4.69) is 4.74 Å². The summed E-state index contributed by atoms with van der Waals surface area (Å²) < 4.78 is 67.4. The van der Waals surface area contributed by atoms with Crippen molar-refractivity contribution in [1.29, 1.82) is 0 Å². The first kappa shape index (κ1) is 27.4. The molecule has 0 saturated carbocycles. The Hall–Kier alpha value is -3.18. The van der Waals surface area contributed by atoms with E-state index in [-0.39, 0.29) is 16.5 Å². The molecule has 0 aliphatic carbocycles. The van der Waals surface area contributed by atoms with Crippen LogP contribution in [0.15, 0.2) is 48.5 Å². The Morgan fingerprint density at radius 3 is 1.81 bits per heavy atom. The lowest BCUT2D eigenvalue weighted by Gasteiger charge is -2.16. The van der Waals surface area contributed by atoms with Crippen molar-refractivity contribution >= 4 is 56.4 Å². The molecular formula is C23H23B3F2O7S. The van der Waals surface area contributed by atoms with Gasteiger partial charge >= 0.3 is 27.3 Å². The lowest BCUT2D eigenvalue weighted by atomic mass is 9.85. The smallest absolute Gasteiger partial charge is 0.402 e. The summed E-state index contributed by atoms with van der Waals surface area (Å²) in [4.78, 5) is 25.7. The van der Waals surface area contributed by atoms with Gasteiger partial charge in [-0.25, -0.2) is 9.59 Å². The number of hydrogen-bond donors (Lipinski definition) is 1. The summed E-state index contributed by atoms with van der Waals surface area (Å²) in [6.07, 6.45) is 2.15. The van der Waals surface area contributed by atoms with E-state index in [1.807, 2.05) is 35.7 Å². The van der Waals surface area contributed by atoms with Crippen molar-refractivity contribution in [2.75, 3.05) is 6.61 Å². The van der Waals surface area contributed by atoms with E-state index in [4.69, 9.17) is 9.29 Å². The normalized spacial score (nSPS) is 11.9. The van der Waals surface area contributed by atoms with E-state index < -0.39 is 33.9 Å². The maximum atomic E-state index is 13.5. The molecule has 0 radical (unpaired) electrons. The van der Waals surface area contributed by atoms with Crippen LogP contribution < -0.4 is 4.74 Å². The van der Waals surface area contributed by atoms with E-state index in [0.29, 0.717) is 23.8 Å². The van der Waals surface area contributed by atoms with Crippen LogP contribution in [0, 0.1) is 0 Å². The topological polar surface area (TPSA) is 107 Å². The van der Waals surface area contributed by atoms with Crippen LogP contribution in [0.25, 0.3) is 10.8 Å². The zero-order valence-corrected chi connectivity index (χ0v) is 20.8. The van der Waals surface area contributed by atoms with Crippen LogP contribution in [0.2, 0.25) is 0 Å². The Morgan fingerprint density at radius 2 is 1.36 bits per heavy atom. The second-order valence-electron chi connectivity index (χ2n) is 8.09. The summed E-state index contributed by atoms with van der Waals surface area (Å²) >= 11 is 0. The molecule has 0 heterocycles. The zero-order valence-electron chi connectivity index (χ0n) is 20.0. The van der Waals surface area contributed by atoms with Gasteiger partial charge in [-0.2, -0.15) is 17.2 Å². The molecule has 0 atom stereocenters. The van der Waals surface area contributed by atoms with Gasteiger partial charge in [0.25, 0.3) is 0 Å². The molecule has 0 saturated heterocycles. The highest BCUT2D eigenvalue weighted by Gasteiger charge is 2.45. The first-order valence-corrected chi connectivity index (χ1v) is 12.8. The maximum Gasteiger partial charge on any atom is 0.402 e. The Bertz CT molecular complexity index is 1400. The van der Waals surface area contributed by atoms with Crippen molar-refractivity contribution in [1.82, 2.24) is 0 Å². The molecule has 36 heavy (non-hydrogen) atoms. The number of benzene rings is 3. The fourth-order valence-electron chi connectivity index (χ4n) is 3.80. The molecule has 0 aromatic heterocycles. The largest absolute Gasteiger partial charge is 0.454 e. The van der Waals surface area contributed by atoms with E-state index in [1.165, 1.54) is 30.3 Å². The molecule has 3 rings (SSSR count). The number of carbonyl (C=O) groups excluding carboxylic acids is 2. The summed E-state index contributed by atoms with van der Waals surface area (Å²) in [6.45, 7) is -1.86. The third-order valence-electron chi connectivity index (χ3n) is 5.78. The number of fused-ring (bicyclic) bond motifs is 1. The standard InChI is InChI=1S/C23H23B3F2O7S/c24-9-13-7-14(10-25)20(15(8-13)11-26)35-22(30)19-6-2-3-16-17(19)4-1-5-18(16)21(29)34-12-23(27,28)36(31,32)33/h1-8H,9-12,24-26H2,(H,31,32,33). The summed E-state index contributed by atoms with van der Waals surface area (Å²) in [6, 6.07) is 12.8. The number of carbonyl (C=O) groups is 2. The van der Waals surface area contributed by atoms with Crippen LogP contribution in [0.4, 0.5) is 8.78 Å². The minimum absolute atomic E-state index is 0.147. The third-order valence-corrected chi connectivity index (χ3v) is 6.65. The van der Waals surface area contributed by atoms with Gasteiger partial charge in [0.15, 0.2) is 6.61 Å². The molecule has 3 aromatic carbocycles. The van der Waals surface area contributed by atoms with Crippen molar-refractivity contribution in [2.24, 2.45) is 0 Å². The number of ether oxygens (including phenoxy) is 2. The van der Waals surface area contributed by atoms with Gasteiger partial charge in [-0.3, -0.25) is 4.55 Å². The van der Waals surface area contributed by atoms with Gasteiger partial charge in [0, 0.05) is 0 Å². The summed E-state index contributed by atoms with van der Waals surface area (Å²) in [5.74, 6) is -1.41. The Balaban J connectivity index is 1.97. The van der Waals surface area contributed by atoms with Crippen LogP contribution >= 0.6 is 0 Å². The van der Waals surface area contributed by atoms with Gasteiger partial charge in [0.1, 0.15) is 29.3 Å². The van der Waals surface area contributed by atoms with E-state index >= 15 is 0 Å². The SMILES string of the molecule is BCc1cc(CB)c(OC(=O)c2cccc3c(C(=O)OCC(F)(F)S(=O)(=O)O)cccc23)c(CB)c1. The number of halogens is 2. The van der Waals surface area contributed by atoms with Gasteiger partial charge in [0.05, 0.1) is 11.1 Å². The second-order valence-corrected chi connectivity index (χ2v) is 9.64. The summed E-state index contributed by atoms with van der Waals surface area (Å²) in [5, 5.41) is -4.12. The fourth-order valence-corrected chi connectivity index (χ4v) is 4.01. The van der Waals surface area contributed by atoms with E-state index in [9.17, 15) is 26.8 Å². The van der Waals surface area contributed by atoms with Crippen molar-refractivity contribution < 1.29 is 40.8 Å². The van der Waals surface area contributed by atoms with Crippen molar-refractivity contribution in [3.05, 3.63) is 76.3 Å². The quantitative estimate of drug-likeness (QED) is 0.197. The van der Waals surface area contributed by atoms with E-state index in [1.54, 1.807) is 6.07 Å². The first-order valence-electron chi connectivity index (χ1n) is 11.3. The molecule has 0 unspecified atom stereocenters. The lowest BCUT2D eigenvalue weighted by Crippen LogP contribution is -2.34. The molecule has 0 spiro atoms. The molecule has 0 amide bonds. The van der Waals surface area contributed by atoms with Gasteiger partial charge in [0.2, 0.25) is 0 Å². The first-order chi connectivity index (χ1) is 16.9. The van der Waals surface area contributed by atoms with Gasteiger partial charge in [-0.1, -0.05) is 60.9 Å². The summed E-state index contributed by atoms with van der Waals surface area (Å²) in [7, 11) is 0.216. The number of esters is 2. The predicted octanol–water partition coefficient (Wildman–Crippen LogP) is 1.10. The maximum absolute atomic E-state index is 13.5. The highest BCUT2D eigenvalue weighted by molar-refractivity contribution is 7.86. The average Bonchev–Trinajstić information content (AvgIpc) is 2.85. The molecular weight excluding hydrogens is 491 g/mol. The molecule has 0 fully saturated rings. The Morgan fingerprint density at radius 1 is 0.861 bits per heavy atom. The molecule has 0 aliphatic rings. The third kappa shape index (κ3) is 5.62. The zero-order chi connectivity index (χ0) is 26.7. The lowest BCUT2D eigenvalue weighted by molar-refractivity contribution is -0.00937. The Labute approximate surface area is 210 Å². The van der Waals surface area contributed by atoms with Crippen molar-refractivity contribution in [3.63, 3.8) is 0 Å². The van der Waals surface area contributed by atoms with Crippen LogP contribution in [0.5, 0.6) is 5.75 Å². The molecule has 13 heteroatoms. The Kier molecular flexibility index (Phi) is 8.25. The molecule has 1 N–H and O–H groups in total. The monoisotopic (exact) mass is 514 g/mol. The highest BCUT2D eigenvalue weighted by Crippen LogP contribution is 2.30. The van der Waals surface area contributed by atoms with Crippen LogP contribution in [0.1, 0.15) is 37.4 Å². The number of rotatable bonds is 9.